The van der Waals surface area contributed by atoms with Crippen LogP contribution in [0.1, 0.15) is 23.0 Å². The van der Waals surface area contributed by atoms with Crippen molar-refractivity contribution in [3.8, 4) is 17.0 Å². The van der Waals surface area contributed by atoms with E-state index in [0.717, 1.165) is 18.4 Å². The largest absolute Gasteiger partial charge is 0.496 e. The average molecular weight is 247 g/mol. The molecule has 0 aliphatic carbocycles. The van der Waals surface area contributed by atoms with Gasteiger partial charge in [0.15, 0.2) is 6.39 Å². The molecular weight excluding hydrogens is 234 g/mol. The van der Waals surface area contributed by atoms with Crippen LogP contribution >= 0.6 is 0 Å². The lowest BCUT2D eigenvalue weighted by atomic mass is 10.0. The van der Waals surface area contributed by atoms with Gasteiger partial charge in [0.1, 0.15) is 11.4 Å². The fourth-order valence-electron chi connectivity index (χ4n) is 1.75. The zero-order chi connectivity index (χ0) is 13.1. The minimum absolute atomic E-state index is 0.179. The van der Waals surface area contributed by atoms with E-state index in [1.807, 2.05) is 19.1 Å². The van der Waals surface area contributed by atoms with E-state index in [1.54, 1.807) is 6.07 Å². The number of rotatable bonds is 4. The molecule has 0 bridgehead atoms. The first-order valence-electron chi connectivity index (χ1n) is 5.51. The first-order valence-corrected chi connectivity index (χ1v) is 5.51. The SMILES string of the molecule is CCc1ccc(OC)c(-c2ncoc2C(=O)O)c1. The summed E-state index contributed by atoms with van der Waals surface area (Å²) in [5.74, 6) is -0.753. The van der Waals surface area contributed by atoms with Gasteiger partial charge in [-0.25, -0.2) is 9.78 Å². The predicted octanol–water partition coefficient (Wildman–Crippen LogP) is 2.61. The molecule has 0 saturated heterocycles. The number of carboxylic acids is 1. The number of benzene rings is 1. The molecule has 0 atom stereocenters. The molecule has 2 aromatic rings. The van der Waals surface area contributed by atoms with Crippen molar-refractivity contribution in [3.05, 3.63) is 35.9 Å². The molecule has 5 nitrogen and oxygen atoms in total. The highest BCUT2D eigenvalue weighted by Gasteiger charge is 2.20. The van der Waals surface area contributed by atoms with Gasteiger partial charge in [-0.1, -0.05) is 13.0 Å². The summed E-state index contributed by atoms with van der Waals surface area (Å²) in [5, 5.41) is 9.03. The molecule has 1 aromatic carbocycles. The predicted molar refractivity (Wildman–Crippen MR) is 64.8 cm³/mol. The molecule has 1 aromatic heterocycles. The van der Waals surface area contributed by atoms with E-state index >= 15 is 0 Å². The van der Waals surface area contributed by atoms with Crippen LogP contribution < -0.4 is 4.74 Å². The Morgan fingerprint density at radius 1 is 1.50 bits per heavy atom. The van der Waals surface area contributed by atoms with Gasteiger partial charge in [0, 0.05) is 5.56 Å². The normalized spacial score (nSPS) is 10.3. The smallest absolute Gasteiger partial charge is 0.374 e. The number of hydrogen-bond acceptors (Lipinski definition) is 4. The molecule has 94 valence electrons. The number of oxazole rings is 1. The summed E-state index contributed by atoms with van der Waals surface area (Å²) in [7, 11) is 1.53. The minimum Gasteiger partial charge on any atom is -0.496 e. The van der Waals surface area contributed by atoms with Gasteiger partial charge in [-0.05, 0) is 24.1 Å². The molecule has 18 heavy (non-hydrogen) atoms. The first-order chi connectivity index (χ1) is 8.67. The molecule has 0 amide bonds. The molecule has 0 aliphatic rings. The van der Waals surface area contributed by atoms with Crippen LogP contribution in [0.25, 0.3) is 11.3 Å². The van der Waals surface area contributed by atoms with Crippen LogP contribution in [0, 0.1) is 0 Å². The fraction of sp³-hybridized carbons (Fsp3) is 0.231. The number of ether oxygens (including phenoxy) is 1. The number of carboxylic acid groups (broad SMARTS) is 1. The van der Waals surface area contributed by atoms with Gasteiger partial charge in [0.05, 0.1) is 7.11 Å². The first kappa shape index (κ1) is 12.2. The average Bonchev–Trinajstić information content (AvgIpc) is 2.87. The molecule has 1 N–H and O–H groups in total. The molecule has 0 aliphatic heterocycles. The molecular formula is C13H13NO4. The van der Waals surface area contributed by atoms with Crippen LogP contribution in [0.5, 0.6) is 5.75 Å². The second-order valence-corrected chi connectivity index (χ2v) is 3.72. The Labute approximate surface area is 104 Å². The van der Waals surface area contributed by atoms with E-state index in [4.69, 9.17) is 14.3 Å². The number of aromatic nitrogens is 1. The monoisotopic (exact) mass is 247 g/mol. The van der Waals surface area contributed by atoms with Gasteiger partial charge in [-0.15, -0.1) is 0 Å². The summed E-state index contributed by atoms with van der Waals surface area (Å²) < 4.78 is 10.1. The van der Waals surface area contributed by atoms with E-state index in [1.165, 1.54) is 7.11 Å². The Morgan fingerprint density at radius 3 is 2.89 bits per heavy atom. The van der Waals surface area contributed by atoms with Crippen LogP contribution in [0.3, 0.4) is 0 Å². The lowest BCUT2D eigenvalue weighted by Crippen LogP contribution is -1.98. The summed E-state index contributed by atoms with van der Waals surface area (Å²) >= 11 is 0. The lowest BCUT2D eigenvalue weighted by molar-refractivity contribution is 0.0663. The fourth-order valence-corrected chi connectivity index (χ4v) is 1.75. The maximum Gasteiger partial charge on any atom is 0.374 e. The Kier molecular flexibility index (Phi) is 3.32. The zero-order valence-corrected chi connectivity index (χ0v) is 10.1. The van der Waals surface area contributed by atoms with Crippen molar-refractivity contribution in [2.24, 2.45) is 0 Å². The molecule has 1 heterocycles. The van der Waals surface area contributed by atoms with Gasteiger partial charge < -0.3 is 14.3 Å². The molecule has 0 fully saturated rings. The van der Waals surface area contributed by atoms with Crippen LogP contribution in [-0.2, 0) is 6.42 Å². The van der Waals surface area contributed by atoms with E-state index in [2.05, 4.69) is 4.98 Å². The van der Waals surface area contributed by atoms with E-state index in [9.17, 15) is 4.79 Å². The Morgan fingerprint density at radius 2 is 2.28 bits per heavy atom. The second kappa shape index (κ2) is 4.91. The standard InChI is InChI=1S/C13H13NO4/c1-3-8-4-5-10(17-2)9(6-8)11-12(13(15)16)18-7-14-11/h4-7H,3H2,1-2H3,(H,15,16). The third-order valence-corrected chi connectivity index (χ3v) is 2.69. The highest BCUT2D eigenvalue weighted by atomic mass is 16.5. The molecule has 5 heteroatoms. The Hall–Kier alpha value is -2.30. The van der Waals surface area contributed by atoms with E-state index in [-0.39, 0.29) is 11.5 Å². The maximum absolute atomic E-state index is 11.0. The third-order valence-electron chi connectivity index (χ3n) is 2.69. The summed E-state index contributed by atoms with van der Waals surface area (Å²) in [6.45, 7) is 2.02. The maximum atomic E-state index is 11.0. The highest BCUT2D eigenvalue weighted by Crippen LogP contribution is 2.32. The van der Waals surface area contributed by atoms with Crippen molar-refractivity contribution >= 4 is 5.97 Å². The number of aromatic carboxylic acids is 1. The summed E-state index contributed by atoms with van der Waals surface area (Å²) in [6.07, 6.45) is 1.97. The van der Waals surface area contributed by atoms with Crippen LogP contribution in [-0.4, -0.2) is 23.2 Å². The van der Waals surface area contributed by atoms with Gasteiger partial charge >= 0.3 is 5.97 Å². The van der Waals surface area contributed by atoms with Gasteiger partial charge in [-0.3, -0.25) is 0 Å². The van der Waals surface area contributed by atoms with Crippen molar-refractivity contribution in [2.45, 2.75) is 13.3 Å². The van der Waals surface area contributed by atoms with Crippen molar-refractivity contribution in [1.29, 1.82) is 0 Å². The van der Waals surface area contributed by atoms with Crippen LogP contribution in [0.2, 0.25) is 0 Å². The number of nitrogens with zero attached hydrogens (tertiary/aromatic N) is 1. The molecule has 0 saturated carbocycles. The van der Waals surface area contributed by atoms with Gasteiger partial charge in [0.2, 0.25) is 5.76 Å². The topological polar surface area (TPSA) is 72.6 Å². The highest BCUT2D eigenvalue weighted by molar-refractivity contribution is 5.92. The van der Waals surface area contributed by atoms with Crippen molar-refractivity contribution < 1.29 is 19.1 Å². The van der Waals surface area contributed by atoms with Crippen molar-refractivity contribution in [1.82, 2.24) is 4.98 Å². The summed E-state index contributed by atoms with van der Waals surface area (Å²) in [6, 6.07) is 5.60. The minimum atomic E-state index is -1.15. The Bertz CT molecular complexity index is 574. The lowest BCUT2D eigenvalue weighted by Gasteiger charge is -2.08. The number of hydrogen-bond donors (Lipinski definition) is 1. The second-order valence-electron chi connectivity index (χ2n) is 3.72. The third kappa shape index (κ3) is 2.07. The van der Waals surface area contributed by atoms with E-state index < -0.39 is 5.97 Å². The van der Waals surface area contributed by atoms with Crippen LogP contribution in [0.4, 0.5) is 0 Å². The molecule has 0 radical (unpaired) electrons. The van der Waals surface area contributed by atoms with Crippen molar-refractivity contribution in [3.63, 3.8) is 0 Å². The number of aryl methyl sites for hydroxylation is 1. The molecule has 2 rings (SSSR count). The van der Waals surface area contributed by atoms with Gasteiger partial charge in [0.25, 0.3) is 0 Å². The summed E-state index contributed by atoms with van der Waals surface area (Å²) in [5.41, 5.74) is 1.99. The molecule has 0 unspecified atom stereocenters. The number of methoxy groups -OCH3 is 1. The molecule has 0 spiro atoms. The zero-order valence-electron chi connectivity index (χ0n) is 10.1. The Balaban J connectivity index is 2.61. The van der Waals surface area contributed by atoms with E-state index in [0.29, 0.717) is 11.3 Å². The number of carbonyl (C=O) groups is 1. The quantitative estimate of drug-likeness (QED) is 0.899. The van der Waals surface area contributed by atoms with Gasteiger partial charge in [-0.2, -0.15) is 0 Å². The van der Waals surface area contributed by atoms with Crippen LogP contribution in [0.15, 0.2) is 29.0 Å². The summed E-state index contributed by atoms with van der Waals surface area (Å²) in [4.78, 5) is 15.0. The van der Waals surface area contributed by atoms with Crippen molar-refractivity contribution in [2.75, 3.05) is 7.11 Å².